The minimum atomic E-state index is -0.256. The highest BCUT2D eigenvalue weighted by molar-refractivity contribution is 6.30. The Bertz CT molecular complexity index is 1190. The molecule has 0 bridgehead atoms. The number of H-pyrrole nitrogens is 1. The number of carbonyl (C=O) groups excluding carboxylic acids is 1. The van der Waals surface area contributed by atoms with Gasteiger partial charge in [-0.2, -0.15) is 5.21 Å². The summed E-state index contributed by atoms with van der Waals surface area (Å²) in [4.78, 5) is 14.6. The SMILES string of the molecule is CN(CC(=O)Nc1ccc(Oc2ccccc2)cc1)C(CNCc1ccc(Cl)cc1)c1nn[nH]n1. The van der Waals surface area contributed by atoms with Gasteiger partial charge in [-0.15, -0.1) is 10.2 Å². The van der Waals surface area contributed by atoms with Crippen LogP contribution >= 0.6 is 11.6 Å². The molecule has 9 nitrogen and oxygen atoms in total. The molecule has 0 radical (unpaired) electrons. The zero-order valence-corrected chi connectivity index (χ0v) is 19.9. The Kier molecular flexibility index (Phi) is 8.39. The maximum Gasteiger partial charge on any atom is 0.238 e. The molecule has 0 spiro atoms. The maximum absolute atomic E-state index is 12.7. The molecule has 1 heterocycles. The Hall–Kier alpha value is -3.79. The second-order valence-corrected chi connectivity index (χ2v) is 8.38. The summed E-state index contributed by atoms with van der Waals surface area (Å²) < 4.78 is 5.79. The third-order valence-corrected chi connectivity index (χ3v) is 5.53. The highest BCUT2D eigenvalue weighted by atomic mass is 35.5. The molecule has 10 heteroatoms. The zero-order chi connectivity index (χ0) is 24.5. The lowest BCUT2D eigenvalue weighted by atomic mass is 10.2. The second kappa shape index (κ2) is 12.1. The fourth-order valence-electron chi connectivity index (χ4n) is 3.48. The van der Waals surface area contributed by atoms with Crippen molar-refractivity contribution in [2.45, 2.75) is 12.6 Å². The number of tetrazole rings is 1. The van der Waals surface area contributed by atoms with Crippen LogP contribution in [0, 0.1) is 0 Å². The number of likely N-dealkylation sites (N-methyl/N-ethyl adjacent to an activating group) is 1. The number of rotatable bonds is 11. The van der Waals surface area contributed by atoms with E-state index in [9.17, 15) is 4.79 Å². The van der Waals surface area contributed by atoms with Gasteiger partial charge < -0.3 is 15.4 Å². The van der Waals surface area contributed by atoms with Gasteiger partial charge in [0.15, 0.2) is 5.82 Å². The zero-order valence-electron chi connectivity index (χ0n) is 19.2. The third kappa shape index (κ3) is 7.35. The first-order valence-electron chi connectivity index (χ1n) is 11.1. The molecule has 3 N–H and O–H groups in total. The van der Waals surface area contributed by atoms with Crippen LogP contribution in [0.5, 0.6) is 11.5 Å². The van der Waals surface area contributed by atoms with Gasteiger partial charge in [-0.3, -0.25) is 9.69 Å². The summed E-state index contributed by atoms with van der Waals surface area (Å²) >= 11 is 5.95. The van der Waals surface area contributed by atoms with Crippen LogP contribution in [-0.4, -0.2) is 51.6 Å². The summed E-state index contributed by atoms with van der Waals surface area (Å²) in [5.74, 6) is 1.79. The van der Waals surface area contributed by atoms with Crippen molar-refractivity contribution < 1.29 is 9.53 Å². The van der Waals surface area contributed by atoms with Gasteiger partial charge in [0.2, 0.25) is 5.91 Å². The molecule has 0 fully saturated rings. The number of aromatic amines is 1. The first-order chi connectivity index (χ1) is 17.1. The van der Waals surface area contributed by atoms with Gasteiger partial charge in [-0.05, 0) is 61.1 Å². The van der Waals surface area contributed by atoms with Crippen molar-refractivity contribution in [3.63, 3.8) is 0 Å². The number of hydrogen-bond acceptors (Lipinski definition) is 7. The van der Waals surface area contributed by atoms with Crippen LogP contribution in [0.4, 0.5) is 5.69 Å². The van der Waals surface area contributed by atoms with Crippen molar-refractivity contribution in [3.05, 3.63) is 95.3 Å². The maximum atomic E-state index is 12.7. The lowest BCUT2D eigenvalue weighted by Crippen LogP contribution is -2.38. The fourth-order valence-corrected chi connectivity index (χ4v) is 3.60. The van der Waals surface area contributed by atoms with Gasteiger partial charge >= 0.3 is 0 Å². The van der Waals surface area contributed by atoms with E-state index < -0.39 is 0 Å². The highest BCUT2D eigenvalue weighted by Crippen LogP contribution is 2.23. The molecule has 180 valence electrons. The van der Waals surface area contributed by atoms with E-state index in [-0.39, 0.29) is 18.5 Å². The van der Waals surface area contributed by atoms with Gasteiger partial charge in [0.05, 0.1) is 12.6 Å². The van der Waals surface area contributed by atoms with Crippen LogP contribution in [-0.2, 0) is 11.3 Å². The average Bonchev–Trinajstić information content (AvgIpc) is 3.39. The average molecular weight is 492 g/mol. The van der Waals surface area contributed by atoms with E-state index in [0.717, 1.165) is 11.3 Å². The van der Waals surface area contributed by atoms with Crippen LogP contribution in [0.1, 0.15) is 17.4 Å². The number of amides is 1. The molecule has 4 aromatic rings. The molecule has 1 unspecified atom stereocenters. The van der Waals surface area contributed by atoms with Crippen molar-refractivity contribution in [2.75, 3.05) is 25.5 Å². The first-order valence-corrected chi connectivity index (χ1v) is 11.5. The number of aromatic nitrogens is 4. The Morgan fingerprint density at radius 2 is 1.74 bits per heavy atom. The van der Waals surface area contributed by atoms with Crippen LogP contribution in [0.3, 0.4) is 0 Å². The predicted molar refractivity (Wildman–Crippen MR) is 134 cm³/mol. The molecule has 1 atom stereocenters. The molecule has 0 aliphatic carbocycles. The van der Waals surface area contributed by atoms with E-state index in [1.165, 1.54) is 0 Å². The van der Waals surface area contributed by atoms with Gasteiger partial charge in [0, 0.05) is 23.8 Å². The smallest absolute Gasteiger partial charge is 0.238 e. The number of halogens is 1. The third-order valence-electron chi connectivity index (χ3n) is 5.28. The first kappa shape index (κ1) is 24.3. The number of anilines is 1. The van der Waals surface area contributed by atoms with Crippen molar-refractivity contribution >= 4 is 23.2 Å². The molecule has 0 aliphatic rings. The number of para-hydroxylation sites is 1. The Morgan fingerprint density at radius 1 is 1.03 bits per heavy atom. The van der Waals surface area contributed by atoms with Gasteiger partial charge in [0.1, 0.15) is 11.5 Å². The summed E-state index contributed by atoms with van der Waals surface area (Å²) in [5.41, 5.74) is 1.78. The molecule has 1 aromatic heterocycles. The minimum absolute atomic E-state index is 0.143. The Morgan fingerprint density at radius 3 is 2.43 bits per heavy atom. The molecule has 3 aromatic carbocycles. The molecule has 1 amide bonds. The quantitative estimate of drug-likeness (QED) is 0.290. The molecule has 0 saturated carbocycles. The minimum Gasteiger partial charge on any atom is -0.457 e. The number of ether oxygens (including phenoxy) is 1. The number of nitrogens with zero attached hydrogens (tertiary/aromatic N) is 4. The van der Waals surface area contributed by atoms with E-state index in [2.05, 4.69) is 31.3 Å². The Labute approximate surface area is 208 Å². The summed E-state index contributed by atoms with van der Waals surface area (Å²) in [6, 6.07) is 24.1. The largest absolute Gasteiger partial charge is 0.457 e. The summed E-state index contributed by atoms with van der Waals surface area (Å²) in [6.45, 7) is 1.31. The van der Waals surface area contributed by atoms with Crippen molar-refractivity contribution in [1.29, 1.82) is 0 Å². The van der Waals surface area contributed by atoms with Gasteiger partial charge in [-0.1, -0.05) is 47.1 Å². The summed E-state index contributed by atoms with van der Waals surface area (Å²) in [6.07, 6.45) is 0. The van der Waals surface area contributed by atoms with Gasteiger partial charge in [-0.25, -0.2) is 0 Å². The van der Waals surface area contributed by atoms with E-state index in [0.29, 0.717) is 35.4 Å². The topological polar surface area (TPSA) is 108 Å². The van der Waals surface area contributed by atoms with E-state index in [1.807, 2.05) is 78.7 Å². The normalized spacial score (nSPS) is 11.9. The monoisotopic (exact) mass is 491 g/mol. The van der Waals surface area contributed by atoms with E-state index >= 15 is 0 Å². The molecule has 35 heavy (non-hydrogen) atoms. The lowest BCUT2D eigenvalue weighted by molar-refractivity contribution is -0.117. The fraction of sp³-hybridized carbons (Fsp3) is 0.200. The predicted octanol–water partition coefficient (Wildman–Crippen LogP) is 4.05. The highest BCUT2D eigenvalue weighted by Gasteiger charge is 2.23. The van der Waals surface area contributed by atoms with Crippen LogP contribution in [0.15, 0.2) is 78.9 Å². The summed E-state index contributed by atoms with van der Waals surface area (Å²) in [7, 11) is 1.85. The second-order valence-electron chi connectivity index (χ2n) is 7.95. The summed E-state index contributed by atoms with van der Waals surface area (Å²) in [5, 5.41) is 21.4. The number of nitrogens with one attached hydrogen (secondary N) is 3. The Balaban J connectivity index is 1.30. The number of benzene rings is 3. The lowest BCUT2D eigenvalue weighted by Gasteiger charge is -2.25. The van der Waals surface area contributed by atoms with E-state index in [4.69, 9.17) is 16.3 Å². The number of hydrogen-bond donors (Lipinski definition) is 3. The number of carbonyl (C=O) groups is 1. The van der Waals surface area contributed by atoms with E-state index in [1.54, 1.807) is 12.1 Å². The van der Waals surface area contributed by atoms with Crippen LogP contribution in [0.2, 0.25) is 5.02 Å². The molecular weight excluding hydrogens is 466 g/mol. The van der Waals surface area contributed by atoms with Gasteiger partial charge in [0.25, 0.3) is 0 Å². The van der Waals surface area contributed by atoms with Crippen molar-refractivity contribution in [1.82, 2.24) is 30.8 Å². The standard InChI is InChI=1S/C25H26ClN7O2/c1-33(23(25-29-31-32-30-25)16-27-15-18-7-9-19(26)10-8-18)17-24(34)28-20-11-13-22(14-12-20)35-21-5-3-2-4-6-21/h2-14,23,27H,15-17H2,1H3,(H,28,34)(H,29,30,31,32). The van der Waals surface area contributed by atoms with Crippen LogP contribution in [0.25, 0.3) is 0 Å². The molecular formula is C25H26ClN7O2. The van der Waals surface area contributed by atoms with Crippen molar-refractivity contribution in [2.24, 2.45) is 0 Å². The molecule has 4 rings (SSSR count). The molecule has 0 aliphatic heterocycles. The molecule has 0 saturated heterocycles. The van der Waals surface area contributed by atoms with Crippen LogP contribution < -0.4 is 15.4 Å². The van der Waals surface area contributed by atoms with Crippen molar-refractivity contribution in [3.8, 4) is 11.5 Å².